The van der Waals surface area contributed by atoms with Crippen LogP contribution in [-0.4, -0.2) is 0 Å². The van der Waals surface area contributed by atoms with Gasteiger partial charge < -0.3 is 0 Å². The van der Waals surface area contributed by atoms with Crippen LogP contribution in [0.15, 0.2) is 12.2 Å². The maximum atomic E-state index is 5.10. The van der Waals surface area contributed by atoms with Crippen LogP contribution in [-0.2, 0) is 0 Å². The van der Waals surface area contributed by atoms with E-state index in [-0.39, 0.29) is 0 Å². The maximum absolute atomic E-state index is 5.10. The van der Waals surface area contributed by atoms with Crippen molar-refractivity contribution in [1.82, 2.24) is 0 Å². The summed E-state index contributed by atoms with van der Waals surface area (Å²) in [5.41, 5.74) is 1.31. The Morgan fingerprint density at radius 3 is 2.43 bits per heavy atom. The third-order valence-corrected chi connectivity index (χ3v) is 1.31. The summed E-state index contributed by atoms with van der Waals surface area (Å²) in [5.74, 6) is 3.19. The average molecular weight is 92.1 g/mol. The first kappa shape index (κ1) is 4.46. The van der Waals surface area contributed by atoms with E-state index < -0.39 is 0 Å². The zero-order valence-corrected chi connectivity index (χ0v) is 4.28. The number of hydrogen-bond acceptors (Lipinski definition) is 0. The lowest BCUT2D eigenvalue weighted by Crippen LogP contribution is -2.10. The molecular formula is C7H8. The van der Waals surface area contributed by atoms with Gasteiger partial charge >= 0.3 is 0 Å². The molecule has 0 saturated heterocycles. The van der Waals surface area contributed by atoms with Gasteiger partial charge in [-0.15, -0.1) is 12.3 Å². The van der Waals surface area contributed by atoms with E-state index in [2.05, 4.69) is 12.5 Å². The molecule has 1 saturated carbocycles. The smallest absolute Gasteiger partial charge is 0.0274 e. The van der Waals surface area contributed by atoms with Gasteiger partial charge in [-0.3, -0.25) is 0 Å². The van der Waals surface area contributed by atoms with E-state index in [0.717, 1.165) is 12.8 Å². The van der Waals surface area contributed by atoms with Gasteiger partial charge in [-0.2, -0.15) is 0 Å². The van der Waals surface area contributed by atoms with Gasteiger partial charge in [0, 0.05) is 5.92 Å². The van der Waals surface area contributed by atoms with Crippen LogP contribution >= 0.6 is 0 Å². The first-order valence-electron chi connectivity index (χ1n) is 2.45. The minimum atomic E-state index is 0.521. The fourth-order valence-electron chi connectivity index (χ4n) is 0.755. The molecule has 0 bridgehead atoms. The summed E-state index contributed by atoms with van der Waals surface area (Å²) in [6.45, 7) is 3.76. The van der Waals surface area contributed by atoms with Crippen molar-refractivity contribution in [2.75, 3.05) is 0 Å². The SMILES string of the molecule is C#CC1CC(=C)C1. The molecule has 0 radical (unpaired) electrons. The van der Waals surface area contributed by atoms with Crippen molar-refractivity contribution >= 4 is 0 Å². The molecule has 1 rings (SSSR count). The van der Waals surface area contributed by atoms with Gasteiger partial charge in [0.15, 0.2) is 0 Å². The van der Waals surface area contributed by atoms with Gasteiger partial charge in [-0.25, -0.2) is 0 Å². The number of terminal acetylenes is 1. The van der Waals surface area contributed by atoms with Crippen LogP contribution in [0, 0.1) is 18.3 Å². The third kappa shape index (κ3) is 0.667. The molecule has 0 unspecified atom stereocenters. The molecule has 0 aromatic heterocycles. The molecule has 0 atom stereocenters. The molecule has 0 N–H and O–H groups in total. The van der Waals surface area contributed by atoms with E-state index in [1.807, 2.05) is 0 Å². The Morgan fingerprint density at radius 1 is 1.71 bits per heavy atom. The summed E-state index contributed by atoms with van der Waals surface area (Å²) in [4.78, 5) is 0. The van der Waals surface area contributed by atoms with Gasteiger partial charge in [-0.05, 0) is 12.8 Å². The highest BCUT2D eigenvalue weighted by Gasteiger charge is 2.17. The Labute approximate surface area is 44.2 Å². The van der Waals surface area contributed by atoms with E-state index in [9.17, 15) is 0 Å². The van der Waals surface area contributed by atoms with Crippen molar-refractivity contribution in [2.45, 2.75) is 12.8 Å². The summed E-state index contributed by atoms with van der Waals surface area (Å²) >= 11 is 0. The average Bonchev–Trinajstić information content (AvgIpc) is 1.58. The molecule has 0 amide bonds. The number of allylic oxidation sites excluding steroid dienone is 1. The molecule has 36 valence electrons. The number of rotatable bonds is 0. The van der Waals surface area contributed by atoms with Crippen molar-refractivity contribution in [3.05, 3.63) is 12.2 Å². The lowest BCUT2D eigenvalue weighted by molar-refractivity contribution is 0.536. The Balaban J connectivity index is 2.34. The minimum absolute atomic E-state index is 0.521. The molecule has 0 aromatic carbocycles. The molecule has 1 aliphatic rings. The molecule has 0 heteroatoms. The van der Waals surface area contributed by atoms with Crippen LogP contribution in [0.2, 0.25) is 0 Å². The predicted octanol–water partition coefficient (Wildman–Crippen LogP) is 1.59. The van der Waals surface area contributed by atoms with E-state index >= 15 is 0 Å². The molecule has 1 aliphatic carbocycles. The molecule has 0 heterocycles. The molecular weight excluding hydrogens is 84.1 g/mol. The lowest BCUT2D eigenvalue weighted by atomic mass is 9.82. The molecule has 0 aromatic rings. The van der Waals surface area contributed by atoms with Crippen molar-refractivity contribution in [3.8, 4) is 12.3 Å². The van der Waals surface area contributed by atoms with Crippen molar-refractivity contribution in [2.24, 2.45) is 5.92 Å². The second-order valence-electron chi connectivity index (χ2n) is 2.02. The predicted molar refractivity (Wildman–Crippen MR) is 30.7 cm³/mol. The highest BCUT2D eigenvalue weighted by molar-refractivity contribution is 5.16. The van der Waals surface area contributed by atoms with Crippen LogP contribution in [0.4, 0.5) is 0 Å². The summed E-state index contributed by atoms with van der Waals surface area (Å²) in [5, 5.41) is 0. The zero-order chi connectivity index (χ0) is 5.28. The first-order chi connectivity index (χ1) is 3.33. The van der Waals surface area contributed by atoms with Gasteiger partial charge in [0.2, 0.25) is 0 Å². The summed E-state index contributed by atoms with van der Waals surface area (Å²) < 4.78 is 0. The van der Waals surface area contributed by atoms with Crippen LogP contribution in [0.3, 0.4) is 0 Å². The molecule has 0 spiro atoms. The zero-order valence-electron chi connectivity index (χ0n) is 4.28. The van der Waals surface area contributed by atoms with E-state index in [4.69, 9.17) is 6.42 Å². The summed E-state index contributed by atoms with van der Waals surface area (Å²) in [6.07, 6.45) is 7.24. The molecule has 1 fully saturated rings. The normalized spacial score (nSPS) is 20.7. The van der Waals surface area contributed by atoms with Crippen molar-refractivity contribution in [3.63, 3.8) is 0 Å². The second kappa shape index (κ2) is 1.42. The standard InChI is InChI=1S/C7H8/c1-3-7-4-6(2)5-7/h1,7H,2,4-5H2. The Hall–Kier alpha value is -0.700. The third-order valence-electron chi connectivity index (χ3n) is 1.31. The fraction of sp³-hybridized carbons (Fsp3) is 0.429. The van der Waals surface area contributed by atoms with Crippen LogP contribution in [0.5, 0.6) is 0 Å². The largest absolute Gasteiger partial charge is 0.120 e. The highest BCUT2D eigenvalue weighted by atomic mass is 14.2. The van der Waals surface area contributed by atoms with Gasteiger partial charge in [0.1, 0.15) is 0 Å². The minimum Gasteiger partial charge on any atom is -0.120 e. The first-order valence-corrected chi connectivity index (χ1v) is 2.45. The van der Waals surface area contributed by atoms with Crippen LogP contribution in [0.1, 0.15) is 12.8 Å². The van der Waals surface area contributed by atoms with Gasteiger partial charge in [0.25, 0.3) is 0 Å². The highest BCUT2D eigenvalue weighted by Crippen LogP contribution is 2.29. The monoisotopic (exact) mass is 92.1 g/mol. The Morgan fingerprint density at radius 2 is 2.29 bits per heavy atom. The topological polar surface area (TPSA) is 0 Å². The van der Waals surface area contributed by atoms with Gasteiger partial charge in [-0.1, -0.05) is 12.2 Å². The number of hydrogen-bond donors (Lipinski definition) is 0. The fourth-order valence-corrected chi connectivity index (χ4v) is 0.755. The Bertz CT molecular complexity index is 117. The maximum Gasteiger partial charge on any atom is 0.0274 e. The van der Waals surface area contributed by atoms with E-state index in [0.29, 0.717) is 5.92 Å². The van der Waals surface area contributed by atoms with Crippen LogP contribution in [0.25, 0.3) is 0 Å². The van der Waals surface area contributed by atoms with Gasteiger partial charge in [0.05, 0.1) is 0 Å². The summed E-state index contributed by atoms with van der Waals surface area (Å²) in [6, 6.07) is 0. The van der Waals surface area contributed by atoms with Crippen molar-refractivity contribution < 1.29 is 0 Å². The van der Waals surface area contributed by atoms with Crippen LogP contribution < -0.4 is 0 Å². The quantitative estimate of drug-likeness (QED) is 0.314. The molecule has 0 aliphatic heterocycles. The molecule has 0 nitrogen and oxygen atoms in total. The lowest BCUT2D eigenvalue weighted by Gasteiger charge is -2.22. The summed E-state index contributed by atoms with van der Waals surface area (Å²) in [7, 11) is 0. The second-order valence-corrected chi connectivity index (χ2v) is 2.02. The van der Waals surface area contributed by atoms with E-state index in [1.165, 1.54) is 5.57 Å². The Kier molecular flexibility index (Phi) is 0.906. The molecule has 7 heavy (non-hydrogen) atoms. The van der Waals surface area contributed by atoms with E-state index in [1.54, 1.807) is 0 Å². The van der Waals surface area contributed by atoms with Crippen molar-refractivity contribution in [1.29, 1.82) is 0 Å².